The summed E-state index contributed by atoms with van der Waals surface area (Å²) in [4.78, 5) is 26.3. The number of carbonyl (C=O) groups excluding carboxylic acids is 1. The van der Waals surface area contributed by atoms with Gasteiger partial charge in [-0.05, 0) is 80.5 Å². The Hall–Kier alpha value is -4.30. The SMILES string of the molecule is O=C(NCCCCCCNc1c2c(nc3ccccc13)CCCC2)c1ccc2c(Nc3cccc(Cl)c3F)ncnc2c1. The summed E-state index contributed by atoms with van der Waals surface area (Å²) in [5, 5.41) is 11.6. The summed E-state index contributed by atoms with van der Waals surface area (Å²) in [6.45, 7) is 1.53. The Morgan fingerprint density at radius 2 is 1.70 bits per heavy atom. The van der Waals surface area contributed by atoms with E-state index in [1.165, 1.54) is 47.6 Å². The Labute approximate surface area is 255 Å². The molecular formula is C34H34ClFN6O. The number of benzene rings is 3. The number of rotatable bonds is 11. The average Bonchev–Trinajstić information content (AvgIpc) is 3.03. The normalized spacial score (nSPS) is 12.7. The number of hydrogen-bond acceptors (Lipinski definition) is 6. The minimum Gasteiger partial charge on any atom is -0.384 e. The molecule has 3 aromatic carbocycles. The average molecular weight is 597 g/mol. The predicted molar refractivity (Wildman–Crippen MR) is 172 cm³/mol. The molecule has 1 amide bonds. The van der Waals surface area contributed by atoms with Gasteiger partial charge in [0, 0.05) is 40.8 Å². The fraction of sp³-hybridized carbons (Fsp3) is 0.294. The lowest BCUT2D eigenvalue weighted by Crippen LogP contribution is -2.24. The Morgan fingerprint density at radius 1 is 0.860 bits per heavy atom. The van der Waals surface area contributed by atoms with E-state index in [-0.39, 0.29) is 16.6 Å². The standard InChI is InChI=1S/C34H34ClFN6O/c35-26-12-9-15-29(31(26)36)42-33-25-17-16-22(20-30(25)39-21-40-33)34(43)38-19-8-2-1-7-18-37-32-23-10-3-5-13-27(23)41-28-14-6-4-11-24(28)32/h3,5,9-10,12-13,15-17,20-21H,1-2,4,6-8,11,14,18-19H2,(H,37,41)(H,38,43)(H,39,40,42). The second-order valence-electron chi connectivity index (χ2n) is 10.9. The summed E-state index contributed by atoms with van der Waals surface area (Å²) >= 11 is 5.90. The van der Waals surface area contributed by atoms with E-state index in [4.69, 9.17) is 16.6 Å². The van der Waals surface area contributed by atoms with Gasteiger partial charge in [0.05, 0.1) is 21.7 Å². The van der Waals surface area contributed by atoms with E-state index in [9.17, 15) is 9.18 Å². The van der Waals surface area contributed by atoms with Crippen LogP contribution in [0.5, 0.6) is 0 Å². The first kappa shape index (κ1) is 28.8. The van der Waals surface area contributed by atoms with Crippen LogP contribution in [0.4, 0.5) is 21.6 Å². The van der Waals surface area contributed by atoms with Crippen molar-refractivity contribution in [3.8, 4) is 0 Å². The lowest BCUT2D eigenvalue weighted by atomic mass is 9.92. The Kier molecular flexibility index (Phi) is 8.93. The molecule has 1 aliphatic rings. The highest BCUT2D eigenvalue weighted by molar-refractivity contribution is 6.31. The van der Waals surface area contributed by atoms with Crippen molar-refractivity contribution in [2.45, 2.75) is 51.4 Å². The number of fused-ring (bicyclic) bond motifs is 3. The minimum atomic E-state index is -0.552. The predicted octanol–water partition coefficient (Wildman–Crippen LogP) is 8.00. The number of pyridine rings is 1. The zero-order valence-corrected chi connectivity index (χ0v) is 24.7. The number of amides is 1. The first-order valence-electron chi connectivity index (χ1n) is 15.0. The summed E-state index contributed by atoms with van der Waals surface area (Å²) in [5.41, 5.74) is 6.32. The molecule has 2 aromatic heterocycles. The van der Waals surface area contributed by atoms with Crippen LogP contribution in [0, 0.1) is 5.82 Å². The molecule has 0 bridgehead atoms. The molecule has 9 heteroatoms. The number of aryl methyl sites for hydroxylation is 1. The number of unbranched alkanes of at least 4 members (excludes halogenated alkanes) is 3. The van der Waals surface area contributed by atoms with Gasteiger partial charge in [-0.15, -0.1) is 0 Å². The number of hydrogen-bond donors (Lipinski definition) is 3. The van der Waals surface area contributed by atoms with E-state index in [0.717, 1.165) is 50.6 Å². The molecule has 0 atom stereocenters. The topological polar surface area (TPSA) is 91.8 Å². The third-order valence-electron chi connectivity index (χ3n) is 7.96. The summed E-state index contributed by atoms with van der Waals surface area (Å²) in [7, 11) is 0. The molecule has 0 spiro atoms. The molecule has 43 heavy (non-hydrogen) atoms. The van der Waals surface area contributed by atoms with Gasteiger partial charge in [-0.1, -0.05) is 48.7 Å². The van der Waals surface area contributed by atoms with E-state index in [1.807, 2.05) is 0 Å². The molecule has 0 saturated carbocycles. The molecule has 0 fully saturated rings. The zero-order valence-electron chi connectivity index (χ0n) is 23.9. The molecule has 2 heterocycles. The van der Waals surface area contributed by atoms with Gasteiger partial charge in [0.15, 0.2) is 5.82 Å². The van der Waals surface area contributed by atoms with Gasteiger partial charge in [0.1, 0.15) is 12.1 Å². The first-order valence-corrected chi connectivity index (χ1v) is 15.3. The molecule has 220 valence electrons. The van der Waals surface area contributed by atoms with Crippen LogP contribution in [0.15, 0.2) is 67.0 Å². The maximum atomic E-state index is 14.4. The van der Waals surface area contributed by atoms with E-state index in [0.29, 0.717) is 28.8 Å². The highest BCUT2D eigenvalue weighted by atomic mass is 35.5. The number of aromatic nitrogens is 3. The summed E-state index contributed by atoms with van der Waals surface area (Å²) in [5.74, 6) is -0.263. The smallest absolute Gasteiger partial charge is 0.251 e. The fourth-order valence-electron chi connectivity index (χ4n) is 5.72. The van der Waals surface area contributed by atoms with Crippen molar-refractivity contribution in [2.75, 3.05) is 23.7 Å². The van der Waals surface area contributed by atoms with Crippen molar-refractivity contribution < 1.29 is 9.18 Å². The molecule has 1 aliphatic carbocycles. The molecule has 3 N–H and O–H groups in total. The Balaban J connectivity index is 0.970. The molecular weight excluding hydrogens is 563 g/mol. The second kappa shape index (κ2) is 13.3. The van der Waals surface area contributed by atoms with Crippen molar-refractivity contribution in [2.24, 2.45) is 0 Å². The zero-order chi connectivity index (χ0) is 29.6. The van der Waals surface area contributed by atoms with Gasteiger partial charge in [0.25, 0.3) is 5.91 Å². The van der Waals surface area contributed by atoms with Crippen molar-refractivity contribution >= 4 is 56.5 Å². The molecule has 0 aliphatic heterocycles. The molecule has 0 saturated heterocycles. The number of nitrogens with one attached hydrogen (secondary N) is 3. The molecule has 6 rings (SSSR count). The monoisotopic (exact) mass is 596 g/mol. The lowest BCUT2D eigenvalue weighted by molar-refractivity contribution is 0.0953. The summed E-state index contributed by atoms with van der Waals surface area (Å²) in [6, 6.07) is 18.4. The lowest BCUT2D eigenvalue weighted by Gasteiger charge is -2.21. The van der Waals surface area contributed by atoms with Crippen LogP contribution < -0.4 is 16.0 Å². The van der Waals surface area contributed by atoms with E-state index >= 15 is 0 Å². The second-order valence-corrected chi connectivity index (χ2v) is 11.3. The number of para-hydroxylation sites is 1. The minimum absolute atomic E-state index is 0.0240. The Morgan fingerprint density at radius 3 is 2.60 bits per heavy atom. The van der Waals surface area contributed by atoms with E-state index in [2.05, 4.69) is 50.2 Å². The maximum Gasteiger partial charge on any atom is 0.251 e. The number of anilines is 3. The van der Waals surface area contributed by atoms with Crippen LogP contribution >= 0.6 is 11.6 Å². The number of nitrogens with zero attached hydrogens (tertiary/aromatic N) is 3. The first-order chi connectivity index (χ1) is 21.1. The van der Waals surface area contributed by atoms with Gasteiger partial charge in [-0.3, -0.25) is 9.78 Å². The molecule has 0 radical (unpaired) electrons. The van der Waals surface area contributed by atoms with Crippen molar-refractivity contribution in [1.82, 2.24) is 20.3 Å². The highest BCUT2D eigenvalue weighted by Crippen LogP contribution is 2.33. The van der Waals surface area contributed by atoms with Crippen molar-refractivity contribution in [1.29, 1.82) is 0 Å². The maximum absolute atomic E-state index is 14.4. The third-order valence-corrected chi connectivity index (χ3v) is 8.26. The van der Waals surface area contributed by atoms with Crippen molar-refractivity contribution in [3.63, 3.8) is 0 Å². The summed E-state index contributed by atoms with van der Waals surface area (Å²) in [6.07, 6.45) is 10.1. The Bertz CT molecular complexity index is 1780. The molecule has 7 nitrogen and oxygen atoms in total. The van der Waals surface area contributed by atoms with Crippen LogP contribution in [-0.4, -0.2) is 33.9 Å². The largest absolute Gasteiger partial charge is 0.384 e. The van der Waals surface area contributed by atoms with Crippen LogP contribution in [0.25, 0.3) is 21.8 Å². The van der Waals surface area contributed by atoms with Gasteiger partial charge in [-0.25, -0.2) is 14.4 Å². The summed E-state index contributed by atoms with van der Waals surface area (Å²) < 4.78 is 14.4. The van der Waals surface area contributed by atoms with E-state index < -0.39 is 5.82 Å². The van der Waals surface area contributed by atoms with Gasteiger partial charge >= 0.3 is 0 Å². The van der Waals surface area contributed by atoms with Gasteiger partial charge < -0.3 is 16.0 Å². The third kappa shape index (κ3) is 6.54. The van der Waals surface area contributed by atoms with E-state index in [1.54, 1.807) is 30.3 Å². The molecule has 5 aromatic rings. The molecule has 0 unspecified atom stereocenters. The van der Waals surface area contributed by atoms with Crippen LogP contribution in [-0.2, 0) is 12.8 Å². The van der Waals surface area contributed by atoms with Gasteiger partial charge in [-0.2, -0.15) is 0 Å². The van der Waals surface area contributed by atoms with Gasteiger partial charge in [0.2, 0.25) is 0 Å². The number of carbonyl (C=O) groups is 1. The van der Waals surface area contributed by atoms with Crippen LogP contribution in [0.3, 0.4) is 0 Å². The van der Waals surface area contributed by atoms with Crippen LogP contribution in [0.1, 0.15) is 60.1 Å². The van der Waals surface area contributed by atoms with Crippen molar-refractivity contribution in [3.05, 3.63) is 94.7 Å². The quantitative estimate of drug-likeness (QED) is 0.134. The van der Waals surface area contributed by atoms with Crippen LogP contribution in [0.2, 0.25) is 5.02 Å². The number of halogens is 2. The highest BCUT2D eigenvalue weighted by Gasteiger charge is 2.18. The fourth-order valence-corrected chi connectivity index (χ4v) is 5.90.